The molecule has 2 fully saturated rings. The van der Waals surface area contributed by atoms with Gasteiger partial charge >= 0.3 is 0 Å². The summed E-state index contributed by atoms with van der Waals surface area (Å²) in [6.07, 6.45) is 15.7. The quantitative estimate of drug-likeness (QED) is 0.502. The first-order valence-electron chi connectivity index (χ1n) is 12.5. The molecule has 0 radical (unpaired) electrons. The number of aryl methyl sites for hydroxylation is 1. The minimum absolute atomic E-state index is 0.0340. The molecule has 2 heteroatoms. The molecule has 162 valence electrons. The molecule has 4 aliphatic carbocycles. The number of para-hydroxylation sites is 1. The fraction of sp³-hybridized carbons (Fsp3) is 0.433. The van der Waals surface area contributed by atoms with Crippen LogP contribution in [0.2, 0.25) is 0 Å². The Morgan fingerprint density at radius 1 is 0.938 bits per heavy atom. The third-order valence-electron chi connectivity index (χ3n) is 9.66. The van der Waals surface area contributed by atoms with Gasteiger partial charge in [0.25, 0.3) is 0 Å². The number of hydrogen-bond donors (Lipinski definition) is 0. The Balaban J connectivity index is 1.26. The number of anilines is 2. The Labute approximate surface area is 191 Å². The summed E-state index contributed by atoms with van der Waals surface area (Å²) in [4.78, 5) is 15.2. The van der Waals surface area contributed by atoms with Gasteiger partial charge in [-0.25, -0.2) is 0 Å². The molecule has 0 N–H and O–H groups in total. The second kappa shape index (κ2) is 6.70. The molecule has 0 saturated heterocycles. The smallest absolute Gasteiger partial charge is 0.139 e. The number of fused-ring (bicyclic) bond motifs is 8. The van der Waals surface area contributed by atoms with Crippen LogP contribution in [0.25, 0.3) is 0 Å². The number of hydrogen-bond acceptors (Lipinski definition) is 2. The number of ketones is 1. The van der Waals surface area contributed by atoms with E-state index in [2.05, 4.69) is 78.6 Å². The minimum Gasteiger partial charge on any atom is -0.333 e. The zero-order valence-corrected chi connectivity index (χ0v) is 18.8. The summed E-state index contributed by atoms with van der Waals surface area (Å²) in [6.45, 7) is 2.27. The highest BCUT2D eigenvalue weighted by Crippen LogP contribution is 2.60. The zero-order chi connectivity index (χ0) is 21.4. The van der Waals surface area contributed by atoms with Crippen LogP contribution in [0.1, 0.15) is 67.6 Å². The summed E-state index contributed by atoms with van der Waals surface area (Å²) in [5.74, 6) is 2.92. The van der Waals surface area contributed by atoms with Crippen LogP contribution in [0.15, 0.2) is 66.8 Å². The van der Waals surface area contributed by atoms with E-state index in [0.29, 0.717) is 35.5 Å². The molecular weight excluding hydrogens is 390 g/mol. The molecule has 1 aliphatic heterocycles. The van der Waals surface area contributed by atoms with Crippen molar-refractivity contribution in [2.45, 2.75) is 63.3 Å². The van der Waals surface area contributed by atoms with E-state index in [1.54, 1.807) is 11.1 Å². The van der Waals surface area contributed by atoms with Crippen molar-refractivity contribution in [3.8, 4) is 0 Å². The first kappa shape index (κ1) is 18.9. The summed E-state index contributed by atoms with van der Waals surface area (Å²) < 4.78 is 0. The van der Waals surface area contributed by atoms with Crippen molar-refractivity contribution in [3.05, 3.63) is 83.5 Å². The molecular formula is C30H31NO. The lowest BCUT2D eigenvalue weighted by Crippen LogP contribution is -2.42. The summed E-state index contributed by atoms with van der Waals surface area (Å²) in [7, 11) is 0. The van der Waals surface area contributed by atoms with Crippen molar-refractivity contribution in [2.75, 3.05) is 4.90 Å². The zero-order valence-electron chi connectivity index (χ0n) is 18.8. The van der Waals surface area contributed by atoms with Gasteiger partial charge < -0.3 is 4.90 Å². The van der Waals surface area contributed by atoms with E-state index >= 15 is 0 Å². The van der Waals surface area contributed by atoms with Gasteiger partial charge in [-0.1, -0.05) is 55.5 Å². The van der Waals surface area contributed by atoms with Crippen molar-refractivity contribution >= 4 is 17.2 Å². The molecule has 5 aliphatic rings. The molecule has 7 rings (SSSR count). The van der Waals surface area contributed by atoms with Crippen LogP contribution in [0, 0.1) is 17.3 Å². The molecule has 6 atom stereocenters. The van der Waals surface area contributed by atoms with Crippen molar-refractivity contribution in [2.24, 2.45) is 17.3 Å². The number of carbonyl (C=O) groups is 1. The maximum atomic E-state index is 12.6. The van der Waals surface area contributed by atoms with Gasteiger partial charge in [-0.3, -0.25) is 4.79 Å². The average molecular weight is 422 g/mol. The SMILES string of the molecule is C[C@]12CC[C@@H]3c4ccc(N5c6ccccc6C6C=CC=CC65)cc4CC[C@H]3[C@@H]1CCC2=O. The Morgan fingerprint density at radius 3 is 2.75 bits per heavy atom. The van der Waals surface area contributed by atoms with E-state index in [0.717, 1.165) is 25.7 Å². The van der Waals surface area contributed by atoms with Crippen LogP contribution in [0.4, 0.5) is 11.4 Å². The van der Waals surface area contributed by atoms with Crippen molar-refractivity contribution < 1.29 is 4.79 Å². The number of rotatable bonds is 1. The number of allylic oxidation sites excluding steroid dienone is 2. The Kier molecular flexibility index (Phi) is 3.96. The largest absolute Gasteiger partial charge is 0.333 e. The van der Waals surface area contributed by atoms with Crippen molar-refractivity contribution in [1.29, 1.82) is 0 Å². The monoisotopic (exact) mass is 421 g/mol. The molecule has 2 aromatic rings. The molecule has 2 saturated carbocycles. The normalized spacial score (nSPS) is 36.3. The highest BCUT2D eigenvalue weighted by Gasteiger charge is 2.54. The van der Waals surface area contributed by atoms with Gasteiger partial charge in [0.1, 0.15) is 5.78 Å². The van der Waals surface area contributed by atoms with E-state index in [9.17, 15) is 4.79 Å². The second-order valence-electron chi connectivity index (χ2n) is 10.9. The fourth-order valence-electron chi connectivity index (χ4n) is 8.08. The lowest BCUT2D eigenvalue weighted by atomic mass is 9.55. The highest BCUT2D eigenvalue weighted by atomic mass is 16.1. The topological polar surface area (TPSA) is 20.3 Å². The average Bonchev–Trinajstić information content (AvgIpc) is 3.33. The van der Waals surface area contributed by atoms with Crippen molar-refractivity contribution in [3.63, 3.8) is 0 Å². The predicted octanol–water partition coefficient (Wildman–Crippen LogP) is 6.84. The molecule has 0 amide bonds. The van der Waals surface area contributed by atoms with E-state index in [1.807, 2.05) is 0 Å². The molecule has 1 heterocycles. The maximum absolute atomic E-state index is 12.6. The maximum Gasteiger partial charge on any atom is 0.139 e. The van der Waals surface area contributed by atoms with E-state index < -0.39 is 0 Å². The number of carbonyl (C=O) groups excluding carboxylic acids is 1. The van der Waals surface area contributed by atoms with E-state index in [4.69, 9.17) is 0 Å². The second-order valence-corrected chi connectivity index (χ2v) is 10.9. The van der Waals surface area contributed by atoms with Crippen LogP contribution < -0.4 is 4.90 Å². The van der Waals surface area contributed by atoms with Gasteiger partial charge in [-0.15, -0.1) is 0 Å². The lowest BCUT2D eigenvalue weighted by molar-refractivity contribution is -0.129. The predicted molar refractivity (Wildman–Crippen MR) is 129 cm³/mol. The van der Waals surface area contributed by atoms with Gasteiger partial charge in [-0.05, 0) is 84.7 Å². The third kappa shape index (κ3) is 2.44. The Morgan fingerprint density at radius 2 is 1.81 bits per heavy atom. The van der Waals surface area contributed by atoms with Crippen LogP contribution in [0.5, 0.6) is 0 Å². The fourth-order valence-corrected chi connectivity index (χ4v) is 8.08. The molecule has 0 spiro atoms. The van der Waals surface area contributed by atoms with Gasteiger partial charge in [0.05, 0.1) is 6.04 Å². The number of nitrogens with zero attached hydrogens (tertiary/aromatic N) is 1. The number of Topliss-reactive ketones (excluding diaryl/α,β-unsaturated/α-hetero) is 1. The summed E-state index contributed by atoms with van der Waals surface area (Å²) in [5.41, 5.74) is 7.22. The van der Waals surface area contributed by atoms with Crippen LogP contribution in [-0.4, -0.2) is 11.8 Å². The van der Waals surface area contributed by atoms with E-state index in [-0.39, 0.29) is 5.41 Å². The Bertz CT molecular complexity index is 1180. The van der Waals surface area contributed by atoms with Gasteiger partial charge in [0, 0.05) is 29.1 Å². The lowest BCUT2D eigenvalue weighted by Gasteiger charge is -2.48. The minimum atomic E-state index is -0.0340. The summed E-state index contributed by atoms with van der Waals surface area (Å²) in [6, 6.07) is 16.6. The summed E-state index contributed by atoms with van der Waals surface area (Å²) in [5, 5.41) is 0. The Hall–Kier alpha value is -2.61. The van der Waals surface area contributed by atoms with Crippen LogP contribution in [0.3, 0.4) is 0 Å². The van der Waals surface area contributed by atoms with E-state index in [1.165, 1.54) is 29.8 Å². The first-order chi connectivity index (χ1) is 15.6. The number of benzene rings is 2. The summed E-state index contributed by atoms with van der Waals surface area (Å²) >= 11 is 0. The van der Waals surface area contributed by atoms with Crippen molar-refractivity contribution in [1.82, 2.24) is 0 Å². The molecule has 2 nitrogen and oxygen atoms in total. The van der Waals surface area contributed by atoms with Gasteiger partial charge in [0.15, 0.2) is 0 Å². The molecule has 32 heavy (non-hydrogen) atoms. The highest BCUT2D eigenvalue weighted by molar-refractivity contribution is 5.87. The molecule has 2 unspecified atom stereocenters. The van der Waals surface area contributed by atoms with Gasteiger partial charge in [0.2, 0.25) is 0 Å². The van der Waals surface area contributed by atoms with Gasteiger partial charge in [-0.2, -0.15) is 0 Å². The standard InChI is InChI=1S/C30H31NO/c1-30-17-16-22-21-13-11-20(18-19(21)10-12-23(22)26(30)14-15-29(30)32)31-27-8-4-2-6-24(27)25-7-3-5-9-28(25)31/h2-9,11,13,18,22-24,26-27H,10,12,14-17H2,1H3/t22-,23-,24?,26+,27?,30+/m1/s1. The third-order valence-corrected chi connectivity index (χ3v) is 9.66. The van der Waals surface area contributed by atoms with Crippen LogP contribution >= 0.6 is 0 Å². The van der Waals surface area contributed by atoms with Crippen LogP contribution in [-0.2, 0) is 11.2 Å². The molecule has 0 bridgehead atoms. The molecule has 2 aromatic carbocycles. The first-order valence-corrected chi connectivity index (χ1v) is 12.5. The molecule has 0 aromatic heterocycles.